The van der Waals surface area contributed by atoms with E-state index in [1.54, 1.807) is 0 Å². The summed E-state index contributed by atoms with van der Waals surface area (Å²) < 4.78 is 13.6. The lowest BCUT2D eigenvalue weighted by atomic mass is 9.79. The van der Waals surface area contributed by atoms with E-state index in [2.05, 4.69) is 10.1 Å². The van der Waals surface area contributed by atoms with Crippen molar-refractivity contribution in [3.63, 3.8) is 0 Å². The number of aliphatic hydroxyl groups is 2. The summed E-state index contributed by atoms with van der Waals surface area (Å²) in [6.45, 7) is 5.98. The average molecular weight is 529 g/mol. The van der Waals surface area contributed by atoms with E-state index in [1.165, 1.54) is 6.20 Å². The molecule has 202 valence electrons. The van der Waals surface area contributed by atoms with Gasteiger partial charge in [0.25, 0.3) is 0 Å². The molecule has 1 aliphatic heterocycles. The molecule has 3 aromatic carbocycles. The van der Waals surface area contributed by atoms with Crippen LogP contribution in [0.4, 0.5) is 5.82 Å². The third-order valence-corrected chi connectivity index (χ3v) is 7.15. The van der Waals surface area contributed by atoms with E-state index in [-0.39, 0.29) is 12.4 Å². The van der Waals surface area contributed by atoms with Crippen LogP contribution in [0.5, 0.6) is 0 Å². The van der Waals surface area contributed by atoms with Crippen LogP contribution in [0.25, 0.3) is 0 Å². The third kappa shape index (κ3) is 5.09. The molecule has 2 heterocycles. The average Bonchev–Trinajstić information content (AvgIpc) is 3.20. The van der Waals surface area contributed by atoms with Gasteiger partial charge in [0.1, 0.15) is 29.7 Å². The van der Waals surface area contributed by atoms with E-state index in [0.717, 1.165) is 38.1 Å². The van der Waals surface area contributed by atoms with Gasteiger partial charge in [0.2, 0.25) is 0 Å². The first-order chi connectivity index (χ1) is 18.7. The van der Waals surface area contributed by atoms with Gasteiger partial charge >= 0.3 is 5.69 Å². The van der Waals surface area contributed by atoms with Crippen molar-refractivity contribution in [2.45, 2.75) is 50.9 Å². The number of hydrogen-bond donors (Lipinski definition) is 3. The van der Waals surface area contributed by atoms with E-state index in [9.17, 15) is 15.0 Å². The highest BCUT2D eigenvalue weighted by atomic mass is 16.6. The second kappa shape index (κ2) is 10.7. The molecule has 0 amide bonds. The van der Waals surface area contributed by atoms with E-state index in [1.807, 2.05) is 93.6 Å². The Kier molecular flexibility index (Phi) is 7.33. The number of hydrogen-bond acceptors (Lipinski definition) is 8. The Morgan fingerprint density at radius 1 is 0.846 bits per heavy atom. The maximum Gasteiger partial charge on any atom is 0.368 e. The van der Waals surface area contributed by atoms with Gasteiger partial charge in [-0.2, -0.15) is 14.8 Å². The Hall–Kier alpha value is -3.89. The van der Waals surface area contributed by atoms with Crippen molar-refractivity contribution in [2.24, 2.45) is 0 Å². The maximum absolute atomic E-state index is 12.3. The van der Waals surface area contributed by atoms with Crippen molar-refractivity contribution in [1.82, 2.24) is 14.8 Å². The first kappa shape index (κ1) is 26.7. The number of anilines is 1. The van der Waals surface area contributed by atoms with Crippen molar-refractivity contribution in [3.05, 3.63) is 123 Å². The van der Waals surface area contributed by atoms with Gasteiger partial charge in [-0.15, -0.1) is 0 Å². The van der Waals surface area contributed by atoms with E-state index in [0.29, 0.717) is 0 Å². The van der Waals surface area contributed by atoms with Crippen LogP contribution in [-0.2, 0) is 15.1 Å². The number of aryl methyl sites for hydroxylation is 3. The fraction of sp³-hybridized carbons (Fsp3) is 0.300. The molecule has 9 heteroatoms. The molecule has 9 nitrogen and oxygen atoms in total. The lowest BCUT2D eigenvalue weighted by Gasteiger charge is -2.37. The summed E-state index contributed by atoms with van der Waals surface area (Å²) in [5.74, 6) is -0.0526. The lowest BCUT2D eigenvalue weighted by molar-refractivity contribution is -0.0988. The number of nitrogens with two attached hydrogens (primary N) is 1. The Morgan fingerprint density at radius 2 is 1.31 bits per heavy atom. The molecule has 1 fully saturated rings. The zero-order valence-corrected chi connectivity index (χ0v) is 22.1. The number of nitrogens with zero attached hydrogens (tertiary/aromatic N) is 3. The summed E-state index contributed by atoms with van der Waals surface area (Å²) in [6.07, 6.45) is -3.79. The van der Waals surface area contributed by atoms with Gasteiger partial charge in [-0.25, -0.2) is 4.79 Å². The molecule has 0 aliphatic carbocycles. The topological polar surface area (TPSA) is 133 Å². The molecule has 0 saturated carbocycles. The smallest absolute Gasteiger partial charge is 0.368 e. The van der Waals surface area contributed by atoms with Crippen LogP contribution in [0.15, 0.2) is 83.8 Å². The second-order valence-corrected chi connectivity index (χ2v) is 10.0. The van der Waals surface area contributed by atoms with Crippen LogP contribution < -0.4 is 11.4 Å². The Morgan fingerprint density at radius 3 is 1.74 bits per heavy atom. The summed E-state index contributed by atoms with van der Waals surface area (Å²) in [4.78, 5) is 16.0. The van der Waals surface area contributed by atoms with Crippen LogP contribution >= 0.6 is 0 Å². The van der Waals surface area contributed by atoms with Gasteiger partial charge in [0, 0.05) is 0 Å². The lowest BCUT2D eigenvalue weighted by Crippen LogP contribution is -2.40. The van der Waals surface area contributed by atoms with Crippen molar-refractivity contribution in [2.75, 3.05) is 12.3 Å². The largest absolute Gasteiger partial charge is 0.387 e. The molecule has 0 spiro atoms. The molecule has 1 aromatic heterocycles. The molecule has 39 heavy (non-hydrogen) atoms. The minimum absolute atomic E-state index is 0.0526. The van der Waals surface area contributed by atoms with Gasteiger partial charge in [-0.05, 0) is 37.5 Å². The van der Waals surface area contributed by atoms with E-state index >= 15 is 0 Å². The first-order valence-electron chi connectivity index (χ1n) is 12.8. The minimum Gasteiger partial charge on any atom is -0.387 e. The molecule has 0 unspecified atom stereocenters. The van der Waals surface area contributed by atoms with Crippen molar-refractivity contribution >= 4 is 5.82 Å². The second-order valence-electron chi connectivity index (χ2n) is 10.0. The normalized spacial score (nSPS) is 21.3. The van der Waals surface area contributed by atoms with Crippen LogP contribution in [0.1, 0.15) is 39.6 Å². The van der Waals surface area contributed by atoms with Crippen LogP contribution in [-0.4, -0.2) is 49.9 Å². The molecule has 4 aromatic rings. The minimum atomic E-state index is -1.43. The first-order valence-corrected chi connectivity index (χ1v) is 12.8. The van der Waals surface area contributed by atoms with Gasteiger partial charge < -0.3 is 25.4 Å². The molecule has 4 atom stereocenters. The summed E-state index contributed by atoms with van der Waals surface area (Å²) >= 11 is 0. The predicted octanol–water partition coefficient (Wildman–Crippen LogP) is 2.77. The summed E-state index contributed by atoms with van der Waals surface area (Å²) in [5, 5.41) is 25.6. The summed E-state index contributed by atoms with van der Waals surface area (Å²) in [6, 6.07) is 24.4. The highest BCUT2D eigenvalue weighted by Crippen LogP contribution is 2.42. The molecule has 1 aliphatic rings. The highest BCUT2D eigenvalue weighted by Gasteiger charge is 2.47. The van der Waals surface area contributed by atoms with Crippen LogP contribution in [0.3, 0.4) is 0 Å². The number of rotatable bonds is 7. The summed E-state index contributed by atoms with van der Waals surface area (Å²) in [7, 11) is 0. The molecule has 5 rings (SSSR count). The van der Waals surface area contributed by atoms with Crippen molar-refractivity contribution < 1.29 is 19.7 Å². The van der Waals surface area contributed by atoms with E-state index in [4.69, 9.17) is 15.2 Å². The molecule has 4 N–H and O–H groups in total. The number of aromatic nitrogens is 3. The maximum atomic E-state index is 12.3. The number of nitrogen functional groups attached to an aromatic ring is 1. The van der Waals surface area contributed by atoms with Crippen molar-refractivity contribution in [1.29, 1.82) is 0 Å². The zero-order valence-electron chi connectivity index (χ0n) is 22.1. The van der Waals surface area contributed by atoms with Crippen molar-refractivity contribution in [3.8, 4) is 0 Å². The van der Waals surface area contributed by atoms with Gasteiger partial charge in [0.05, 0.1) is 12.8 Å². The Balaban J connectivity index is 1.56. The Bertz CT molecular complexity index is 1380. The monoisotopic (exact) mass is 528 g/mol. The highest BCUT2D eigenvalue weighted by molar-refractivity contribution is 5.49. The fourth-order valence-corrected chi connectivity index (χ4v) is 4.93. The fourth-order valence-electron chi connectivity index (χ4n) is 4.93. The summed E-state index contributed by atoms with van der Waals surface area (Å²) in [5.41, 5.74) is 9.70. The number of benzene rings is 3. The SMILES string of the molecule is Cc1ccc(C(OC[C@H]2O[C@@H](n3ncc(N)nc3=O)[C@@H](O)[C@H]2O)(c2ccc(C)cc2)c2ccc(C)cc2)cc1. The van der Waals surface area contributed by atoms with Gasteiger partial charge in [-0.3, -0.25) is 0 Å². The molecular weight excluding hydrogens is 496 g/mol. The predicted molar refractivity (Wildman–Crippen MR) is 146 cm³/mol. The third-order valence-electron chi connectivity index (χ3n) is 7.15. The van der Waals surface area contributed by atoms with E-state index < -0.39 is 35.8 Å². The zero-order chi connectivity index (χ0) is 27.7. The Labute approximate surface area is 226 Å². The van der Waals surface area contributed by atoms with Gasteiger partial charge in [0.15, 0.2) is 6.23 Å². The molecule has 0 bridgehead atoms. The number of aliphatic hydroxyl groups excluding tert-OH is 2. The molecular formula is C30H32N4O5. The van der Waals surface area contributed by atoms with Gasteiger partial charge in [-0.1, -0.05) is 89.5 Å². The van der Waals surface area contributed by atoms with Crippen LogP contribution in [0.2, 0.25) is 0 Å². The molecule has 1 saturated heterocycles. The standard InChI is InChI=1S/C30H32N4O5/c1-18-4-10-21(11-5-18)30(22-12-6-19(2)7-13-22,23-14-8-20(3)9-15-23)38-17-24-26(35)27(36)28(39-24)34-29(37)33-25(31)16-32-34/h4-16,24,26-28,35-36H,17H2,1-3H3,(H2,31,33,37)/t24-,26+,27+,28-/m1/s1. The molecule has 0 radical (unpaired) electrons. The van der Waals surface area contributed by atoms with Crippen LogP contribution in [0, 0.1) is 20.8 Å². The quantitative estimate of drug-likeness (QED) is 0.312. The number of ether oxygens (including phenoxy) is 2.